The fraction of sp³-hybridized carbons (Fsp3) is 0.600. The standard InChI is InChI=1S/C15H24N2O3S/c1-5-15(3,13(18)19)10-16-14(20)17(4)11(2)9-12-7-6-8-21-12/h6-8,11H,5,9-10H2,1-4H3,(H,16,20)(H,18,19). The molecule has 2 atom stereocenters. The Morgan fingerprint density at radius 3 is 2.67 bits per heavy atom. The Labute approximate surface area is 130 Å². The number of likely N-dealkylation sites (N-methyl/N-ethyl adjacent to an activating group) is 1. The molecule has 0 aliphatic carbocycles. The van der Waals surface area contributed by atoms with E-state index in [1.807, 2.05) is 31.4 Å². The van der Waals surface area contributed by atoms with E-state index in [2.05, 4.69) is 5.32 Å². The van der Waals surface area contributed by atoms with Gasteiger partial charge >= 0.3 is 12.0 Å². The van der Waals surface area contributed by atoms with Crippen molar-refractivity contribution in [2.45, 2.75) is 39.7 Å². The maximum absolute atomic E-state index is 12.1. The Morgan fingerprint density at radius 1 is 1.52 bits per heavy atom. The zero-order valence-electron chi connectivity index (χ0n) is 13.0. The maximum atomic E-state index is 12.1. The smallest absolute Gasteiger partial charge is 0.317 e. The van der Waals surface area contributed by atoms with Gasteiger partial charge in [-0.2, -0.15) is 0 Å². The van der Waals surface area contributed by atoms with Gasteiger partial charge in [-0.05, 0) is 31.7 Å². The summed E-state index contributed by atoms with van der Waals surface area (Å²) in [6.07, 6.45) is 1.27. The highest BCUT2D eigenvalue weighted by Crippen LogP contribution is 2.20. The first-order valence-electron chi connectivity index (χ1n) is 7.06. The number of carboxylic acids is 1. The van der Waals surface area contributed by atoms with Crippen LogP contribution in [0.5, 0.6) is 0 Å². The third-order valence-corrected chi connectivity index (χ3v) is 4.88. The van der Waals surface area contributed by atoms with E-state index in [9.17, 15) is 14.7 Å². The van der Waals surface area contributed by atoms with Crippen LogP contribution in [-0.4, -0.2) is 41.6 Å². The van der Waals surface area contributed by atoms with Gasteiger partial charge in [0, 0.05) is 30.9 Å². The van der Waals surface area contributed by atoms with Crippen molar-refractivity contribution in [2.24, 2.45) is 5.41 Å². The minimum atomic E-state index is -0.923. The molecule has 0 saturated heterocycles. The van der Waals surface area contributed by atoms with Crippen molar-refractivity contribution in [2.75, 3.05) is 13.6 Å². The zero-order valence-corrected chi connectivity index (χ0v) is 13.9. The van der Waals surface area contributed by atoms with E-state index in [1.165, 1.54) is 4.88 Å². The third-order valence-electron chi connectivity index (χ3n) is 3.98. The number of amides is 2. The first kappa shape index (κ1) is 17.5. The predicted molar refractivity (Wildman–Crippen MR) is 84.7 cm³/mol. The van der Waals surface area contributed by atoms with Crippen LogP contribution >= 0.6 is 11.3 Å². The minimum Gasteiger partial charge on any atom is -0.481 e. The van der Waals surface area contributed by atoms with Gasteiger partial charge in [0.05, 0.1) is 5.41 Å². The van der Waals surface area contributed by atoms with E-state index in [-0.39, 0.29) is 18.6 Å². The molecule has 0 bridgehead atoms. The van der Waals surface area contributed by atoms with Crippen molar-refractivity contribution < 1.29 is 14.7 Å². The Morgan fingerprint density at radius 2 is 2.19 bits per heavy atom. The molecule has 2 unspecified atom stereocenters. The Hall–Kier alpha value is -1.56. The summed E-state index contributed by atoms with van der Waals surface area (Å²) in [5, 5.41) is 13.9. The van der Waals surface area contributed by atoms with Crippen molar-refractivity contribution in [3.8, 4) is 0 Å². The van der Waals surface area contributed by atoms with Gasteiger partial charge in [0.2, 0.25) is 0 Å². The molecule has 0 saturated carbocycles. The van der Waals surface area contributed by atoms with Crippen molar-refractivity contribution in [1.29, 1.82) is 0 Å². The predicted octanol–water partition coefficient (Wildman–Crippen LogP) is 2.82. The highest BCUT2D eigenvalue weighted by Gasteiger charge is 2.32. The van der Waals surface area contributed by atoms with E-state index in [4.69, 9.17) is 0 Å². The van der Waals surface area contributed by atoms with Crippen molar-refractivity contribution in [3.63, 3.8) is 0 Å². The lowest BCUT2D eigenvalue weighted by Gasteiger charge is -2.28. The summed E-state index contributed by atoms with van der Waals surface area (Å²) in [5.74, 6) is -0.889. The minimum absolute atomic E-state index is 0.0568. The lowest BCUT2D eigenvalue weighted by atomic mass is 9.88. The van der Waals surface area contributed by atoms with Gasteiger partial charge < -0.3 is 15.3 Å². The molecule has 0 aliphatic rings. The third kappa shape index (κ3) is 4.74. The molecule has 2 N–H and O–H groups in total. The molecule has 2 amide bonds. The number of aliphatic carboxylic acids is 1. The van der Waals surface area contributed by atoms with Crippen LogP contribution in [0.25, 0.3) is 0 Å². The molecule has 1 aromatic heterocycles. The molecular weight excluding hydrogens is 288 g/mol. The zero-order chi connectivity index (χ0) is 16.0. The van der Waals surface area contributed by atoms with Gasteiger partial charge in [-0.15, -0.1) is 11.3 Å². The molecule has 0 spiro atoms. The average molecular weight is 312 g/mol. The monoisotopic (exact) mass is 312 g/mol. The van der Waals surface area contributed by atoms with Crippen LogP contribution < -0.4 is 5.32 Å². The second kappa shape index (κ2) is 7.45. The Bertz CT molecular complexity index is 475. The Balaban J connectivity index is 2.52. The number of hydrogen-bond donors (Lipinski definition) is 2. The average Bonchev–Trinajstić information content (AvgIpc) is 2.95. The molecule has 0 fully saturated rings. The SMILES string of the molecule is CCC(C)(CNC(=O)N(C)C(C)Cc1cccs1)C(=O)O. The Kier molecular flexibility index (Phi) is 6.20. The molecule has 1 heterocycles. The van der Waals surface area contributed by atoms with E-state index < -0.39 is 11.4 Å². The van der Waals surface area contributed by atoms with Crippen LogP contribution in [0.3, 0.4) is 0 Å². The first-order chi connectivity index (χ1) is 9.80. The molecule has 6 heteroatoms. The summed E-state index contributed by atoms with van der Waals surface area (Å²) < 4.78 is 0. The van der Waals surface area contributed by atoms with Crippen LogP contribution in [0, 0.1) is 5.41 Å². The maximum Gasteiger partial charge on any atom is 0.317 e. The normalized spacial score (nSPS) is 15.0. The van der Waals surface area contributed by atoms with Crippen LogP contribution in [0.2, 0.25) is 0 Å². The number of urea groups is 1. The largest absolute Gasteiger partial charge is 0.481 e. The lowest BCUT2D eigenvalue weighted by Crippen LogP contribution is -2.48. The molecule has 0 radical (unpaired) electrons. The number of nitrogens with zero attached hydrogens (tertiary/aromatic N) is 1. The van der Waals surface area contributed by atoms with Crippen molar-refractivity contribution in [3.05, 3.63) is 22.4 Å². The van der Waals surface area contributed by atoms with Gasteiger partial charge in [0.15, 0.2) is 0 Å². The molecule has 1 aromatic rings. The van der Waals surface area contributed by atoms with Crippen LogP contribution in [0.1, 0.15) is 32.1 Å². The lowest BCUT2D eigenvalue weighted by molar-refractivity contribution is -0.147. The topological polar surface area (TPSA) is 69.6 Å². The van der Waals surface area contributed by atoms with E-state index in [1.54, 1.807) is 30.2 Å². The van der Waals surface area contributed by atoms with Gasteiger partial charge in [-0.3, -0.25) is 4.79 Å². The fourth-order valence-corrected chi connectivity index (χ4v) is 2.63. The van der Waals surface area contributed by atoms with Crippen molar-refractivity contribution in [1.82, 2.24) is 10.2 Å². The summed E-state index contributed by atoms with van der Waals surface area (Å²) in [7, 11) is 1.73. The van der Waals surface area contributed by atoms with E-state index in [0.717, 1.165) is 6.42 Å². The molecule has 0 aliphatic heterocycles. The van der Waals surface area contributed by atoms with Gasteiger partial charge in [-0.25, -0.2) is 4.79 Å². The summed E-state index contributed by atoms with van der Waals surface area (Å²) in [5.41, 5.74) is -0.923. The molecular formula is C15H24N2O3S. The number of thiophene rings is 1. The van der Waals surface area contributed by atoms with Crippen LogP contribution in [0.15, 0.2) is 17.5 Å². The number of hydrogen-bond acceptors (Lipinski definition) is 3. The van der Waals surface area contributed by atoms with Gasteiger partial charge in [0.25, 0.3) is 0 Å². The molecule has 5 nitrogen and oxygen atoms in total. The number of carbonyl (C=O) groups excluding carboxylic acids is 1. The van der Waals surface area contributed by atoms with E-state index >= 15 is 0 Å². The summed E-state index contributed by atoms with van der Waals surface area (Å²) in [4.78, 5) is 26.2. The summed E-state index contributed by atoms with van der Waals surface area (Å²) in [6, 6.07) is 3.86. The second-order valence-corrected chi connectivity index (χ2v) is 6.65. The summed E-state index contributed by atoms with van der Waals surface area (Å²) >= 11 is 1.67. The molecule has 0 aromatic carbocycles. The van der Waals surface area contributed by atoms with Crippen molar-refractivity contribution >= 4 is 23.3 Å². The fourth-order valence-electron chi connectivity index (χ4n) is 1.80. The molecule has 118 valence electrons. The second-order valence-electron chi connectivity index (χ2n) is 5.62. The number of carbonyl (C=O) groups is 2. The highest BCUT2D eigenvalue weighted by molar-refractivity contribution is 7.09. The first-order valence-corrected chi connectivity index (χ1v) is 7.94. The van der Waals surface area contributed by atoms with Crippen LogP contribution in [-0.2, 0) is 11.2 Å². The highest BCUT2D eigenvalue weighted by atomic mass is 32.1. The van der Waals surface area contributed by atoms with E-state index in [0.29, 0.717) is 6.42 Å². The summed E-state index contributed by atoms with van der Waals surface area (Å²) in [6.45, 7) is 5.57. The molecule has 21 heavy (non-hydrogen) atoms. The number of carboxylic acid groups (broad SMARTS) is 1. The quantitative estimate of drug-likeness (QED) is 0.813. The van der Waals surface area contributed by atoms with Gasteiger partial charge in [0.1, 0.15) is 0 Å². The van der Waals surface area contributed by atoms with Crippen LogP contribution in [0.4, 0.5) is 4.79 Å². The number of nitrogens with one attached hydrogen (secondary N) is 1. The molecule has 1 rings (SSSR count). The van der Waals surface area contributed by atoms with Gasteiger partial charge in [-0.1, -0.05) is 13.0 Å². The number of rotatable bonds is 7.